The molecule has 76 valence electrons. The van der Waals surface area contributed by atoms with Gasteiger partial charge in [-0.3, -0.25) is 0 Å². The predicted octanol–water partition coefficient (Wildman–Crippen LogP) is 4.53. The molecule has 1 aromatic carbocycles. The maximum atomic E-state index is 4.18. The van der Waals surface area contributed by atoms with E-state index >= 15 is 0 Å². The smallest absolute Gasteiger partial charge is 0.0190 e. The lowest BCUT2D eigenvalue weighted by Gasteiger charge is -2.14. The Balaban J connectivity index is 2.57. The monoisotopic (exact) mass is 188 g/mol. The van der Waals surface area contributed by atoms with E-state index in [0.29, 0.717) is 5.92 Å². The van der Waals surface area contributed by atoms with E-state index in [1.54, 1.807) is 0 Å². The van der Waals surface area contributed by atoms with E-state index in [1.807, 2.05) is 6.07 Å². The second kappa shape index (κ2) is 5.64. The quantitative estimate of drug-likeness (QED) is 0.637. The van der Waals surface area contributed by atoms with Crippen molar-refractivity contribution in [3.05, 3.63) is 42.5 Å². The molecule has 0 aromatic heterocycles. The van der Waals surface area contributed by atoms with Crippen molar-refractivity contribution in [1.29, 1.82) is 0 Å². The highest BCUT2D eigenvalue weighted by Crippen LogP contribution is 2.24. The van der Waals surface area contributed by atoms with Crippen LogP contribution in [0.1, 0.15) is 38.7 Å². The third kappa shape index (κ3) is 3.02. The van der Waals surface area contributed by atoms with Crippen molar-refractivity contribution >= 4 is 5.57 Å². The van der Waals surface area contributed by atoms with Crippen LogP contribution in [0.15, 0.2) is 36.9 Å². The lowest BCUT2D eigenvalue weighted by atomic mass is 9.91. The van der Waals surface area contributed by atoms with Crippen LogP contribution in [0.5, 0.6) is 0 Å². The van der Waals surface area contributed by atoms with Gasteiger partial charge in [0.15, 0.2) is 0 Å². The van der Waals surface area contributed by atoms with E-state index < -0.39 is 0 Å². The summed E-state index contributed by atoms with van der Waals surface area (Å²) in [5.41, 5.74) is 2.56. The van der Waals surface area contributed by atoms with E-state index in [0.717, 1.165) is 0 Å². The van der Waals surface area contributed by atoms with E-state index in [4.69, 9.17) is 0 Å². The molecule has 0 aliphatic carbocycles. The fourth-order valence-electron chi connectivity index (χ4n) is 1.62. The zero-order valence-corrected chi connectivity index (χ0v) is 9.29. The lowest BCUT2D eigenvalue weighted by Crippen LogP contribution is -1.97. The zero-order chi connectivity index (χ0) is 10.4. The molecule has 1 rings (SSSR count). The highest BCUT2D eigenvalue weighted by molar-refractivity contribution is 5.64. The van der Waals surface area contributed by atoms with Gasteiger partial charge in [0.2, 0.25) is 0 Å². The van der Waals surface area contributed by atoms with E-state index in [-0.39, 0.29) is 0 Å². The Kier molecular flexibility index (Phi) is 4.45. The van der Waals surface area contributed by atoms with Crippen LogP contribution in [-0.4, -0.2) is 0 Å². The van der Waals surface area contributed by atoms with Crippen LogP contribution in [0.3, 0.4) is 0 Å². The molecule has 0 radical (unpaired) electrons. The molecular weight excluding hydrogens is 168 g/mol. The van der Waals surface area contributed by atoms with Crippen molar-refractivity contribution in [1.82, 2.24) is 0 Å². The van der Waals surface area contributed by atoms with Gasteiger partial charge in [-0.25, -0.2) is 0 Å². The third-order valence-electron chi connectivity index (χ3n) is 2.73. The molecule has 1 aromatic rings. The molecule has 0 saturated carbocycles. The van der Waals surface area contributed by atoms with Crippen LogP contribution < -0.4 is 0 Å². The number of hydrogen-bond acceptors (Lipinski definition) is 0. The molecule has 0 amide bonds. The van der Waals surface area contributed by atoms with E-state index in [9.17, 15) is 0 Å². The van der Waals surface area contributed by atoms with Gasteiger partial charge in [-0.1, -0.05) is 63.6 Å². The molecule has 0 heteroatoms. The fourth-order valence-corrected chi connectivity index (χ4v) is 1.62. The molecule has 0 aliphatic rings. The van der Waals surface area contributed by atoms with Gasteiger partial charge < -0.3 is 0 Å². The van der Waals surface area contributed by atoms with Crippen LogP contribution in [0, 0.1) is 5.92 Å². The largest absolute Gasteiger partial charge is 0.0950 e. The molecule has 0 aliphatic heterocycles. The predicted molar refractivity (Wildman–Crippen MR) is 64.2 cm³/mol. The summed E-state index contributed by atoms with van der Waals surface area (Å²) in [4.78, 5) is 0. The van der Waals surface area contributed by atoms with E-state index in [2.05, 4.69) is 44.7 Å². The molecule has 0 N–H and O–H groups in total. The van der Waals surface area contributed by atoms with Crippen molar-refractivity contribution < 1.29 is 0 Å². The van der Waals surface area contributed by atoms with Gasteiger partial charge in [0.1, 0.15) is 0 Å². The van der Waals surface area contributed by atoms with Crippen molar-refractivity contribution in [3.8, 4) is 0 Å². The number of hydrogen-bond donors (Lipinski definition) is 0. The van der Waals surface area contributed by atoms with Crippen LogP contribution in [0.25, 0.3) is 5.57 Å². The van der Waals surface area contributed by atoms with Gasteiger partial charge in [0.05, 0.1) is 0 Å². The minimum absolute atomic E-state index is 0.609. The summed E-state index contributed by atoms with van der Waals surface area (Å²) >= 11 is 0. The first-order chi connectivity index (χ1) is 6.75. The Morgan fingerprint density at radius 1 is 1.29 bits per heavy atom. The second-order valence-electron chi connectivity index (χ2n) is 3.93. The van der Waals surface area contributed by atoms with Gasteiger partial charge in [0.25, 0.3) is 0 Å². The Morgan fingerprint density at radius 2 is 1.93 bits per heavy atom. The maximum Gasteiger partial charge on any atom is -0.0190 e. The second-order valence-corrected chi connectivity index (χ2v) is 3.93. The van der Waals surface area contributed by atoms with Crippen molar-refractivity contribution in [2.45, 2.75) is 33.1 Å². The van der Waals surface area contributed by atoms with Gasteiger partial charge in [0, 0.05) is 0 Å². The standard InChI is InChI=1S/C14H20/c1-4-5-9-12(2)13(3)14-10-7-6-8-11-14/h6-8,10-12H,3-5,9H2,1-2H3/t12-/m1/s1. The highest BCUT2D eigenvalue weighted by atomic mass is 14.1. The van der Waals surface area contributed by atoms with Gasteiger partial charge in [-0.05, 0) is 23.5 Å². The lowest BCUT2D eigenvalue weighted by molar-refractivity contribution is 0.612. The Hall–Kier alpha value is -1.04. The van der Waals surface area contributed by atoms with Crippen LogP contribution >= 0.6 is 0 Å². The molecule has 0 heterocycles. The molecule has 0 bridgehead atoms. The summed E-state index contributed by atoms with van der Waals surface area (Å²) in [6.07, 6.45) is 3.82. The number of benzene rings is 1. The number of rotatable bonds is 5. The average Bonchev–Trinajstić information content (AvgIpc) is 2.26. The Labute approximate surface area is 87.7 Å². The SMILES string of the molecule is C=C(c1ccccc1)[C@H](C)CCCC. The van der Waals surface area contributed by atoms with Gasteiger partial charge in [-0.15, -0.1) is 0 Å². The summed E-state index contributed by atoms with van der Waals surface area (Å²) in [7, 11) is 0. The van der Waals surface area contributed by atoms with Gasteiger partial charge in [-0.2, -0.15) is 0 Å². The third-order valence-corrected chi connectivity index (χ3v) is 2.73. The molecule has 0 nitrogen and oxygen atoms in total. The molecule has 0 spiro atoms. The van der Waals surface area contributed by atoms with E-state index in [1.165, 1.54) is 30.4 Å². The Bertz CT molecular complexity index is 271. The highest BCUT2D eigenvalue weighted by Gasteiger charge is 2.07. The zero-order valence-electron chi connectivity index (χ0n) is 9.29. The van der Waals surface area contributed by atoms with Gasteiger partial charge >= 0.3 is 0 Å². The molecule has 14 heavy (non-hydrogen) atoms. The number of unbranched alkanes of at least 4 members (excludes halogenated alkanes) is 1. The fraction of sp³-hybridized carbons (Fsp3) is 0.429. The average molecular weight is 188 g/mol. The minimum atomic E-state index is 0.609. The molecule has 0 saturated heterocycles. The molecule has 1 atom stereocenters. The summed E-state index contributed by atoms with van der Waals surface area (Å²) in [5, 5.41) is 0. The normalized spacial score (nSPS) is 12.4. The van der Waals surface area contributed by atoms with Crippen molar-refractivity contribution in [2.24, 2.45) is 5.92 Å². The summed E-state index contributed by atoms with van der Waals surface area (Å²) in [6, 6.07) is 10.5. The first-order valence-corrected chi connectivity index (χ1v) is 5.50. The number of allylic oxidation sites excluding steroid dienone is 1. The molecule has 0 fully saturated rings. The maximum absolute atomic E-state index is 4.18. The van der Waals surface area contributed by atoms with Crippen molar-refractivity contribution in [2.75, 3.05) is 0 Å². The van der Waals surface area contributed by atoms with Crippen LogP contribution in [0.2, 0.25) is 0 Å². The first kappa shape index (κ1) is 11.0. The van der Waals surface area contributed by atoms with Crippen LogP contribution in [-0.2, 0) is 0 Å². The summed E-state index contributed by atoms with van der Waals surface area (Å²) in [6.45, 7) is 8.68. The summed E-state index contributed by atoms with van der Waals surface area (Å²) < 4.78 is 0. The minimum Gasteiger partial charge on any atom is -0.0950 e. The van der Waals surface area contributed by atoms with Crippen LogP contribution in [0.4, 0.5) is 0 Å². The summed E-state index contributed by atoms with van der Waals surface area (Å²) in [5.74, 6) is 0.609. The molecule has 0 unspecified atom stereocenters. The van der Waals surface area contributed by atoms with Crippen molar-refractivity contribution in [3.63, 3.8) is 0 Å². The first-order valence-electron chi connectivity index (χ1n) is 5.50. The molecular formula is C14H20. The Morgan fingerprint density at radius 3 is 2.50 bits per heavy atom. The topological polar surface area (TPSA) is 0 Å².